The Kier molecular flexibility index (Phi) is 5.34. The molecular formula is C14H18N2O3. The molecule has 0 unspecified atom stereocenters. The van der Waals surface area contributed by atoms with Gasteiger partial charge in [-0.3, -0.25) is 10.1 Å². The minimum Gasteiger partial charge on any atom is -0.389 e. The lowest BCUT2D eigenvalue weighted by atomic mass is 10.1. The second kappa shape index (κ2) is 6.76. The molecular weight excluding hydrogens is 244 g/mol. The van der Waals surface area contributed by atoms with Gasteiger partial charge in [-0.05, 0) is 25.0 Å². The molecule has 1 aromatic rings. The number of nitro groups is 1. The number of aliphatic hydroxyl groups is 1. The highest BCUT2D eigenvalue weighted by Gasteiger charge is 2.20. The van der Waals surface area contributed by atoms with E-state index in [2.05, 4.69) is 5.92 Å². The SMILES string of the molecule is C#CCN(CCC)c1ccc([C@@H](C)O)cc1[N+](=O)[O-]. The first-order valence-corrected chi connectivity index (χ1v) is 6.16. The van der Waals surface area contributed by atoms with E-state index < -0.39 is 11.0 Å². The summed E-state index contributed by atoms with van der Waals surface area (Å²) in [5.41, 5.74) is 0.990. The molecule has 0 aliphatic carbocycles. The molecule has 102 valence electrons. The monoisotopic (exact) mass is 262 g/mol. The Balaban J connectivity index is 3.25. The summed E-state index contributed by atoms with van der Waals surface area (Å²) in [5, 5.41) is 20.7. The van der Waals surface area contributed by atoms with E-state index in [0.717, 1.165) is 6.42 Å². The van der Waals surface area contributed by atoms with Gasteiger partial charge in [0.05, 0.1) is 17.6 Å². The molecule has 5 nitrogen and oxygen atoms in total. The van der Waals surface area contributed by atoms with E-state index in [4.69, 9.17) is 6.42 Å². The van der Waals surface area contributed by atoms with Crippen LogP contribution in [0.2, 0.25) is 0 Å². The van der Waals surface area contributed by atoms with Crippen molar-refractivity contribution in [2.24, 2.45) is 0 Å². The van der Waals surface area contributed by atoms with E-state index in [1.54, 1.807) is 24.0 Å². The molecule has 0 bridgehead atoms. The number of hydrogen-bond acceptors (Lipinski definition) is 4. The summed E-state index contributed by atoms with van der Waals surface area (Å²) in [6, 6.07) is 4.73. The first kappa shape index (κ1) is 15.0. The second-order valence-corrected chi connectivity index (χ2v) is 4.31. The van der Waals surface area contributed by atoms with Crippen molar-refractivity contribution in [2.75, 3.05) is 18.0 Å². The van der Waals surface area contributed by atoms with Crippen LogP contribution >= 0.6 is 0 Å². The highest BCUT2D eigenvalue weighted by atomic mass is 16.6. The number of anilines is 1. The van der Waals surface area contributed by atoms with Gasteiger partial charge >= 0.3 is 0 Å². The largest absolute Gasteiger partial charge is 0.389 e. The Morgan fingerprint density at radius 3 is 2.74 bits per heavy atom. The summed E-state index contributed by atoms with van der Waals surface area (Å²) in [6.07, 6.45) is 5.41. The van der Waals surface area contributed by atoms with E-state index >= 15 is 0 Å². The van der Waals surface area contributed by atoms with Crippen molar-refractivity contribution in [1.29, 1.82) is 0 Å². The van der Waals surface area contributed by atoms with Crippen LogP contribution in [0.4, 0.5) is 11.4 Å². The minimum atomic E-state index is -0.736. The molecule has 0 aliphatic heterocycles. The summed E-state index contributed by atoms with van der Waals surface area (Å²) in [6.45, 7) is 4.53. The van der Waals surface area contributed by atoms with Crippen LogP contribution in [0.1, 0.15) is 31.9 Å². The molecule has 0 saturated carbocycles. The van der Waals surface area contributed by atoms with Crippen molar-refractivity contribution >= 4 is 11.4 Å². The molecule has 5 heteroatoms. The number of nitro benzene ring substituents is 1. The smallest absolute Gasteiger partial charge is 0.292 e. The molecule has 0 saturated heterocycles. The molecule has 0 amide bonds. The maximum absolute atomic E-state index is 11.2. The number of nitrogens with zero attached hydrogens (tertiary/aromatic N) is 2. The van der Waals surface area contributed by atoms with Gasteiger partial charge in [0, 0.05) is 12.6 Å². The topological polar surface area (TPSA) is 66.6 Å². The fourth-order valence-corrected chi connectivity index (χ4v) is 1.88. The van der Waals surface area contributed by atoms with Gasteiger partial charge in [0.25, 0.3) is 5.69 Å². The molecule has 0 spiro atoms. The predicted molar refractivity (Wildman–Crippen MR) is 75.1 cm³/mol. The third-order valence-electron chi connectivity index (χ3n) is 2.79. The Bertz CT molecular complexity index is 492. The molecule has 1 rings (SSSR count). The molecule has 0 fully saturated rings. The summed E-state index contributed by atoms with van der Waals surface area (Å²) < 4.78 is 0. The highest BCUT2D eigenvalue weighted by molar-refractivity contribution is 5.65. The number of aliphatic hydroxyl groups excluding tert-OH is 1. The fourth-order valence-electron chi connectivity index (χ4n) is 1.88. The molecule has 1 N–H and O–H groups in total. The summed E-state index contributed by atoms with van der Waals surface area (Å²) >= 11 is 0. The molecule has 0 aliphatic rings. The average molecular weight is 262 g/mol. The van der Waals surface area contributed by atoms with Crippen molar-refractivity contribution in [1.82, 2.24) is 0 Å². The van der Waals surface area contributed by atoms with Gasteiger partial charge in [0.1, 0.15) is 5.69 Å². The zero-order valence-corrected chi connectivity index (χ0v) is 11.2. The summed E-state index contributed by atoms with van der Waals surface area (Å²) in [7, 11) is 0. The minimum absolute atomic E-state index is 0.0258. The Morgan fingerprint density at radius 1 is 1.58 bits per heavy atom. The van der Waals surface area contributed by atoms with Crippen molar-refractivity contribution in [3.8, 4) is 12.3 Å². The Labute approximate surface area is 113 Å². The van der Waals surface area contributed by atoms with Gasteiger partial charge in [-0.2, -0.15) is 0 Å². The lowest BCUT2D eigenvalue weighted by Gasteiger charge is -2.22. The van der Waals surface area contributed by atoms with E-state index in [-0.39, 0.29) is 5.69 Å². The van der Waals surface area contributed by atoms with Crippen molar-refractivity contribution in [3.05, 3.63) is 33.9 Å². The number of benzene rings is 1. The molecule has 0 radical (unpaired) electrons. The normalized spacial score (nSPS) is 11.7. The highest BCUT2D eigenvalue weighted by Crippen LogP contribution is 2.31. The van der Waals surface area contributed by atoms with Gasteiger partial charge < -0.3 is 10.0 Å². The van der Waals surface area contributed by atoms with Gasteiger partial charge in [-0.25, -0.2) is 0 Å². The van der Waals surface area contributed by atoms with Gasteiger partial charge in [-0.15, -0.1) is 6.42 Å². The standard InChI is InChI=1S/C14H18N2O3/c1-4-8-15(9-5-2)13-7-6-12(11(3)17)10-14(13)16(18)19/h1,6-7,10-11,17H,5,8-9H2,2-3H3/t11-/m1/s1. The molecule has 0 heterocycles. The first-order chi connectivity index (χ1) is 9.01. The van der Waals surface area contributed by atoms with E-state index in [0.29, 0.717) is 24.3 Å². The second-order valence-electron chi connectivity index (χ2n) is 4.31. The van der Waals surface area contributed by atoms with Crippen LogP contribution in [-0.2, 0) is 0 Å². The predicted octanol–water partition coefficient (Wildman–Crippen LogP) is 2.50. The third kappa shape index (κ3) is 3.70. The van der Waals surface area contributed by atoms with Crippen LogP contribution in [0.5, 0.6) is 0 Å². The molecule has 0 aromatic heterocycles. The van der Waals surface area contributed by atoms with Crippen molar-refractivity contribution in [2.45, 2.75) is 26.4 Å². The third-order valence-corrected chi connectivity index (χ3v) is 2.79. The van der Waals surface area contributed by atoms with Gasteiger partial charge in [-0.1, -0.05) is 18.9 Å². The fraction of sp³-hybridized carbons (Fsp3) is 0.429. The number of rotatable bonds is 6. The summed E-state index contributed by atoms with van der Waals surface area (Å²) in [5.74, 6) is 2.51. The maximum Gasteiger partial charge on any atom is 0.292 e. The summed E-state index contributed by atoms with van der Waals surface area (Å²) in [4.78, 5) is 12.5. The zero-order valence-electron chi connectivity index (χ0n) is 11.2. The van der Waals surface area contributed by atoms with Crippen molar-refractivity contribution in [3.63, 3.8) is 0 Å². The van der Waals surface area contributed by atoms with E-state index in [1.165, 1.54) is 6.07 Å². The van der Waals surface area contributed by atoms with E-state index in [9.17, 15) is 15.2 Å². The van der Waals surface area contributed by atoms with Gasteiger partial charge in [0.2, 0.25) is 0 Å². The first-order valence-electron chi connectivity index (χ1n) is 6.16. The molecule has 19 heavy (non-hydrogen) atoms. The van der Waals surface area contributed by atoms with Crippen molar-refractivity contribution < 1.29 is 10.0 Å². The lowest BCUT2D eigenvalue weighted by molar-refractivity contribution is -0.384. The van der Waals surface area contributed by atoms with E-state index in [1.807, 2.05) is 6.92 Å². The zero-order chi connectivity index (χ0) is 14.4. The van der Waals surface area contributed by atoms with Crippen LogP contribution in [0.3, 0.4) is 0 Å². The molecule has 1 atom stereocenters. The Morgan fingerprint density at radius 2 is 2.26 bits per heavy atom. The van der Waals surface area contributed by atoms with Crippen LogP contribution < -0.4 is 4.90 Å². The van der Waals surface area contributed by atoms with Crippen LogP contribution in [0.25, 0.3) is 0 Å². The van der Waals surface area contributed by atoms with Crippen LogP contribution in [0, 0.1) is 22.5 Å². The molecule has 1 aromatic carbocycles. The number of terminal acetylenes is 1. The quantitative estimate of drug-likeness (QED) is 0.486. The maximum atomic E-state index is 11.2. The average Bonchev–Trinajstić information content (AvgIpc) is 2.37. The Hall–Kier alpha value is -2.06. The van der Waals surface area contributed by atoms with Crippen LogP contribution in [-0.4, -0.2) is 23.1 Å². The van der Waals surface area contributed by atoms with Gasteiger partial charge in [0.15, 0.2) is 0 Å². The van der Waals surface area contributed by atoms with Crippen LogP contribution in [0.15, 0.2) is 18.2 Å². The number of hydrogen-bond donors (Lipinski definition) is 1. The lowest BCUT2D eigenvalue weighted by Crippen LogP contribution is -2.25.